The molecule has 1 aliphatic rings. The second kappa shape index (κ2) is 5.76. The van der Waals surface area contributed by atoms with Crippen molar-refractivity contribution in [1.29, 1.82) is 0 Å². The summed E-state index contributed by atoms with van der Waals surface area (Å²) in [6.07, 6.45) is 2.47. The molecule has 2 nitrogen and oxygen atoms in total. The van der Waals surface area contributed by atoms with Crippen LogP contribution in [0.25, 0.3) is 10.8 Å². The SMILES string of the molecule is CO[B]C1CCCN1Cc1cccc2ccccc12. The number of likely N-dealkylation sites (tertiary alicyclic amines) is 1. The molecule has 0 N–H and O–H groups in total. The van der Waals surface area contributed by atoms with Crippen molar-refractivity contribution < 1.29 is 4.65 Å². The molecular weight excluding hydrogens is 233 g/mol. The highest BCUT2D eigenvalue weighted by atomic mass is 16.4. The lowest BCUT2D eigenvalue weighted by Crippen LogP contribution is -2.34. The fourth-order valence-electron chi connectivity index (χ4n) is 3.01. The molecule has 1 heterocycles. The first-order valence-electron chi connectivity index (χ1n) is 6.95. The molecule has 3 rings (SSSR count). The normalized spacial score (nSPS) is 19.9. The van der Waals surface area contributed by atoms with Crippen LogP contribution in [0.4, 0.5) is 0 Å². The predicted molar refractivity (Wildman–Crippen MR) is 80.1 cm³/mol. The number of fused-ring (bicyclic) bond motifs is 1. The van der Waals surface area contributed by atoms with Gasteiger partial charge in [-0.15, -0.1) is 0 Å². The van der Waals surface area contributed by atoms with Crippen LogP contribution in [-0.2, 0) is 11.2 Å². The van der Waals surface area contributed by atoms with Crippen LogP contribution < -0.4 is 0 Å². The van der Waals surface area contributed by atoms with Crippen LogP contribution in [0.5, 0.6) is 0 Å². The Balaban J connectivity index is 1.85. The highest BCUT2D eigenvalue weighted by Crippen LogP contribution is 2.24. The Bertz CT molecular complexity index is 552. The molecule has 0 aromatic heterocycles. The lowest BCUT2D eigenvalue weighted by Gasteiger charge is -2.23. The van der Waals surface area contributed by atoms with Crippen LogP contribution in [0, 0.1) is 0 Å². The Kier molecular flexibility index (Phi) is 3.85. The summed E-state index contributed by atoms with van der Waals surface area (Å²) in [5.41, 5.74) is 1.41. The summed E-state index contributed by atoms with van der Waals surface area (Å²) in [5, 5.41) is 2.69. The first-order valence-corrected chi connectivity index (χ1v) is 6.95. The molecule has 1 atom stereocenters. The smallest absolute Gasteiger partial charge is 0.310 e. The first-order chi connectivity index (χ1) is 9.38. The zero-order chi connectivity index (χ0) is 13.1. The van der Waals surface area contributed by atoms with Gasteiger partial charge in [0, 0.05) is 19.6 Å². The summed E-state index contributed by atoms with van der Waals surface area (Å²) < 4.78 is 5.21. The van der Waals surface area contributed by atoms with E-state index in [9.17, 15) is 0 Å². The number of hydrogen-bond acceptors (Lipinski definition) is 2. The maximum Gasteiger partial charge on any atom is 0.310 e. The third-order valence-electron chi connectivity index (χ3n) is 3.96. The molecule has 0 amide bonds. The summed E-state index contributed by atoms with van der Waals surface area (Å²) in [5.74, 6) is 0.462. The molecule has 2 aromatic rings. The third kappa shape index (κ3) is 2.67. The lowest BCUT2D eigenvalue weighted by atomic mass is 9.85. The number of rotatable bonds is 4. The van der Waals surface area contributed by atoms with Gasteiger partial charge < -0.3 is 9.55 Å². The molecule has 0 saturated carbocycles. The zero-order valence-electron chi connectivity index (χ0n) is 11.4. The van der Waals surface area contributed by atoms with Crippen molar-refractivity contribution in [3.05, 3.63) is 48.0 Å². The summed E-state index contributed by atoms with van der Waals surface area (Å²) in [4.78, 5) is 2.51. The van der Waals surface area contributed by atoms with E-state index < -0.39 is 0 Å². The summed E-state index contributed by atoms with van der Waals surface area (Å²) in [7, 11) is 3.71. The predicted octanol–water partition coefficient (Wildman–Crippen LogP) is 3.03. The van der Waals surface area contributed by atoms with Gasteiger partial charge in [0.25, 0.3) is 0 Å². The fraction of sp³-hybridized carbons (Fsp3) is 0.375. The average Bonchev–Trinajstić information content (AvgIpc) is 2.87. The average molecular weight is 252 g/mol. The van der Waals surface area contributed by atoms with Gasteiger partial charge in [-0.05, 0) is 35.7 Å². The van der Waals surface area contributed by atoms with Crippen LogP contribution in [0.15, 0.2) is 42.5 Å². The topological polar surface area (TPSA) is 12.5 Å². The van der Waals surface area contributed by atoms with E-state index in [2.05, 4.69) is 47.4 Å². The molecule has 19 heavy (non-hydrogen) atoms. The quantitative estimate of drug-likeness (QED) is 0.775. The van der Waals surface area contributed by atoms with Crippen LogP contribution in [-0.4, -0.2) is 32.0 Å². The summed E-state index contributed by atoms with van der Waals surface area (Å²) in [6.45, 7) is 2.17. The minimum Gasteiger partial charge on any atom is -0.441 e. The van der Waals surface area contributed by atoms with E-state index in [0.29, 0.717) is 5.94 Å². The Morgan fingerprint density at radius 1 is 1.21 bits per heavy atom. The van der Waals surface area contributed by atoms with Gasteiger partial charge in [0.05, 0.1) is 0 Å². The van der Waals surface area contributed by atoms with Crippen LogP contribution in [0.1, 0.15) is 18.4 Å². The lowest BCUT2D eigenvalue weighted by molar-refractivity contribution is 0.281. The van der Waals surface area contributed by atoms with Crippen LogP contribution in [0.2, 0.25) is 0 Å². The van der Waals surface area contributed by atoms with Crippen molar-refractivity contribution in [2.24, 2.45) is 0 Å². The molecule has 1 unspecified atom stereocenters. The number of benzene rings is 2. The first kappa shape index (κ1) is 12.7. The highest BCUT2D eigenvalue weighted by molar-refractivity contribution is 6.29. The van der Waals surface area contributed by atoms with Crippen molar-refractivity contribution in [2.45, 2.75) is 25.3 Å². The van der Waals surface area contributed by atoms with Gasteiger partial charge in [0.2, 0.25) is 0 Å². The van der Waals surface area contributed by atoms with E-state index in [1.807, 2.05) is 7.48 Å². The van der Waals surface area contributed by atoms with Crippen LogP contribution >= 0.6 is 0 Å². The Morgan fingerprint density at radius 2 is 2.05 bits per heavy atom. The fourth-order valence-corrected chi connectivity index (χ4v) is 3.01. The molecule has 1 saturated heterocycles. The molecule has 0 aliphatic carbocycles. The standard InChI is InChI=1S/C16H19BNO/c1-19-17-16-10-5-11-18(16)12-14-8-4-7-13-6-2-3-9-15(13)14/h2-4,6-9,16H,5,10-12H2,1H3. The van der Waals surface area contributed by atoms with E-state index in [1.54, 1.807) is 7.11 Å². The van der Waals surface area contributed by atoms with E-state index in [0.717, 1.165) is 13.1 Å². The molecule has 97 valence electrons. The van der Waals surface area contributed by atoms with Gasteiger partial charge in [-0.2, -0.15) is 0 Å². The van der Waals surface area contributed by atoms with E-state index in [1.165, 1.54) is 29.2 Å². The van der Waals surface area contributed by atoms with Gasteiger partial charge >= 0.3 is 7.48 Å². The second-order valence-electron chi connectivity index (χ2n) is 5.19. The Hall–Kier alpha value is -1.32. The highest BCUT2D eigenvalue weighted by Gasteiger charge is 2.25. The number of hydrogen-bond donors (Lipinski definition) is 0. The molecule has 1 fully saturated rings. The maximum absolute atomic E-state index is 5.21. The molecular formula is C16H19BNO. The molecule has 3 heteroatoms. The summed E-state index contributed by atoms with van der Waals surface area (Å²) >= 11 is 0. The van der Waals surface area contributed by atoms with E-state index in [-0.39, 0.29) is 0 Å². The van der Waals surface area contributed by atoms with Crippen molar-refractivity contribution in [3.8, 4) is 0 Å². The zero-order valence-corrected chi connectivity index (χ0v) is 11.4. The number of nitrogens with zero attached hydrogens (tertiary/aromatic N) is 1. The molecule has 1 aliphatic heterocycles. The van der Waals surface area contributed by atoms with Crippen molar-refractivity contribution >= 4 is 18.3 Å². The van der Waals surface area contributed by atoms with Gasteiger partial charge in [-0.1, -0.05) is 42.5 Å². The van der Waals surface area contributed by atoms with Crippen molar-refractivity contribution in [2.75, 3.05) is 13.7 Å². The van der Waals surface area contributed by atoms with Crippen LogP contribution in [0.3, 0.4) is 0 Å². The minimum absolute atomic E-state index is 0.462. The maximum atomic E-state index is 5.21. The van der Waals surface area contributed by atoms with Crippen molar-refractivity contribution in [3.63, 3.8) is 0 Å². The second-order valence-corrected chi connectivity index (χ2v) is 5.19. The van der Waals surface area contributed by atoms with E-state index >= 15 is 0 Å². The third-order valence-corrected chi connectivity index (χ3v) is 3.96. The monoisotopic (exact) mass is 252 g/mol. The van der Waals surface area contributed by atoms with Gasteiger partial charge in [-0.25, -0.2) is 0 Å². The van der Waals surface area contributed by atoms with Gasteiger partial charge in [0.1, 0.15) is 0 Å². The minimum atomic E-state index is 0.462. The summed E-state index contributed by atoms with van der Waals surface area (Å²) in [6, 6.07) is 15.2. The van der Waals surface area contributed by atoms with Gasteiger partial charge in [-0.3, -0.25) is 0 Å². The largest absolute Gasteiger partial charge is 0.441 e. The molecule has 1 radical (unpaired) electrons. The van der Waals surface area contributed by atoms with Crippen molar-refractivity contribution in [1.82, 2.24) is 4.90 Å². The molecule has 2 aromatic carbocycles. The molecule has 0 spiro atoms. The van der Waals surface area contributed by atoms with E-state index in [4.69, 9.17) is 4.65 Å². The Labute approximate surface area is 115 Å². The Morgan fingerprint density at radius 3 is 2.95 bits per heavy atom. The van der Waals surface area contributed by atoms with Gasteiger partial charge in [0.15, 0.2) is 0 Å². The molecule has 0 bridgehead atoms.